The van der Waals surface area contributed by atoms with Crippen molar-refractivity contribution in [3.8, 4) is 0 Å². The highest BCUT2D eigenvalue weighted by Crippen LogP contribution is 1.65. The molecule has 16 heavy (non-hydrogen) atoms. The third-order valence-electron chi connectivity index (χ3n) is 1.94. The Balaban J connectivity index is 2.93. The minimum absolute atomic E-state index is 0.979. The van der Waals surface area contributed by atoms with E-state index < -0.39 is 0 Å². The lowest BCUT2D eigenvalue weighted by molar-refractivity contribution is 0.597. The van der Waals surface area contributed by atoms with Gasteiger partial charge >= 0.3 is 0 Å². The zero-order valence-electron chi connectivity index (χ0n) is 10.6. The van der Waals surface area contributed by atoms with Crippen molar-refractivity contribution >= 4 is 0 Å². The topological polar surface area (TPSA) is 48.1 Å². The number of rotatable bonds is 11. The summed E-state index contributed by atoms with van der Waals surface area (Å²) < 4.78 is 0. The molecule has 0 saturated carbocycles. The van der Waals surface area contributed by atoms with E-state index in [1.54, 1.807) is 0 Å². The number of hydrogen-bond acceptors (Lipinski definition) is 4. The van der Waals surface area contributed by atoms with Crippen LogP contribution in [0, 0.1) is 0 Å². The van der Waals surface area contributed by atoms with Crippen LogP contribution in [0.25, 0.3) is 0 Å². The fourth-order valence-electron chi connectivity index (χ4n) is 1.15. The molecular weight excluding hydrogens is 200 g/mol. The van der Waals surface area contributed by atoms with Crippen LogP contribution in [0.1, 0.15) is 13.8 Å². The Labute approximate surface area is 99.6 Å². The zero-order chi connectivity index (χ0) is 11.9. The van der Waals surface area contributed by atoms with Gasteiger partial charge in [-0.1, -0.05) is 12.2 Å². The van der Waals surface area contributed by atoms with Gasteiger partial charge in [0, 0.05) is 39.3 Å². The molecule has 0 spiro atoms. The Morgan fingerprint density at radius 3 is 1.38 bits per heavy atom. The predicted octanol–water partition coefficient (Wildman–Crippen LogP) is 0.412. The monoisotopic (exact) mass is 226 g/mol. The van der Waals surface area contributed by atoms with Gasteiger partial charge < -0.3 is 21.3 Å². The molecule has 0 aromatic heterocycles. The lowest BCUT2D eigenvalue weighted by Crippen LogP contribution is -2.33. The molecular formula is C12H26N4. The summed E-state index contributed by atoms with van der Waals surface area (Å²) in [4.78, 5) is 0. The van der Waals surface area contributed by atoms with Gasteiger partial charge in [-0.3, -0.25) is 0 Å². The average molecular weight is 226 g/mol. The van der Waals surface area contributed by atoms with Crippen molar-refractivity contribution in [3.63, 3.8) is 0 Å². The van der Waals surface area contributed by atoms with Crippen LogP contribution in [-0.4, -0.2) is 39.3 Å². The van der Waals surface area contributed by atoms with Gasteiger partial charge in [-0.25, -0.2) is 0 Å². The highest BCUT2D eigenvalue weighted by Gasteiger charge is 1.87. The highest BCUT2D eigenvalue weighted by molar-refractivity contribution is 4.74. The predicted molar refractivity (Wildman–Crippen MR) is 71.4 cm³/mol. The molecule has 0 aliphatic rings. The first-order valence-electron chi connectivity index (χ1n) is 6.02. The maximum absolute atomic E-state index is 3.35. The molecule has 0 rings (SSSR count). The largest absolute Gasteiger partial charge is 0.390 e. The van der Waals surface area contributed by atoms with Gasteiger partial charge in [-0.2, -0.15) is 0 Å². The molecule has 0 aliphatic heterocycles. The van der Waals surface area contributed by atoms with Crippen molar-refractivity contribution in [2.45, 2.75) is 13.8 Å². The van der Waals surface area contributed by atoms with Crippen molar-refractivity contribution in [1.82, 2.24) is 21.3 Å². The summed E-state index contributed by atoms with van der Waals surface area (Å²) in [6.07, 6.45) is 7.93. The Morgan fingerprint density at radius 1 is 0.625 bits per heavy atom. The van der Waals surface area contributed by atoms with E-state index in [9.17, 15) is 0 Å². The number of hydrogen-bond donors (Lipinski definition) is 4. The first-order chi connectivity index (χ1) is 7.91. The van der Waals surface area contributed by atoms with E-state index >= 15 is 0 Å². The van der Waals surface area contributed by atoms with Crippen LogP contribution in [0.2, 0.25) is 0 Å². The van der Waals surface area contributed by atoms with Crippen molar-refractivity contribution in [3.05, 3.63) is 24.6 Å². The van der Waals surface area contributed by atoms with E-state index in [1.807, 2.05) is 38.4 Å². The molecule has 0 radical (unpaired) electrons. The fraction of sp³-hybridized carbons (Fsp3) is 0.667. The Morgan fingerprint density at radius 2 is 1.00 bits per heavy atom. The van der Waals surface area contributed by atoms with E-state index in [2.05, 4.69) is 21.3 Å². The Hall–Kier alpha value is -1.00. The molecule has 4 nitrogen and oxygen atoms in total. The zero-order valence-corrected chi connectivity index (χ0v) is 10.6. The second-order valence-electron chi connectivity index (χ2n) is 3.41. The molecule has 0 aromatic carbocycles. The van der Waals surface area contributed by atoms with E-state index in [-0.39, 0.29) is 0 Å². The van der Waals surface area contributed by atoms with Gasteiger partial charge in [0.2, 0.25) is 0 Å². The van der Waals surface area contributed by atoms with Gasteiger partial charge in [0.25, 0.3) is 0 Å². The molecule has 0 saturated heterocycles. The van der Waals surface area contributed by atoms with Crippen LogP contribution in [0.4, 0.5) is 0 Å². The maximum Gasteiger partial charge on any atom is 0.0266 e. The number of allylic oxidation sites excluding steroid dienone is 2. The smallest absolute Gasteiger partial charge is 0.0266 e. The molecule has 0 heterocycles. The maximum atomic E-state index is 3.35. The van der Waals surface area contributed by atoms with Crippen molar-refractivity contribution in [2.75, 3.05) is 39.3 Å². The van der Waals surface area contributed by atoms with Gasteiger partial charge in [0.05, 0.1) is 0 Å². The van der Waals surface area contributed by atoms with Crippen molar-refractivity contribution in [2.24, 2.45) is 0 Å². The van der Waals surface area contributed by atoms with Crippen LogP contribution in [0.15, 0.2) is 24.6 Å². The SMILES string of the molecule is C/C=C/NCCNCCNCCN/C=C/C. The van der Waals surface area contributed by atoms with Crippen LogP contribution in [0.5, 0.6) is 0 Å². The summed E-state index contributed by atoms with van der Waals surface area (Å²) in [6, 6.07) is 0. The second-order valence-corrected chi connectivity index (χ2v) is 3.41. The molecule has 0 amide bonds. The molecule has 0 aliphatic carbocycles. The van der Waals surface area contributed by atoms with Gasteiger partial charge in [0.15, 0.2) is 0 Å². The van der Waals surface area contributed by atoms with Crippen LogP contribution in [0.3, 0.4) is 0 Å². The van der Waals surface area contributed by atoms with Crippen LogP contribution >= 0.6 is 0 Å². The molecule has 0 bridgehead atoms. The van der Waals surface area contributed by atoms with E-state index in [4.69, 9.17) is 0 Å². The van der Waals surface area contributed by atoms with Crippen LogP contribution in [-0.2, 0) is 0 Å². The van der Waals surface area contributed by atoms with Crippen LogP contribution < -0.4 is 21.3 Å². The Kier molecular flexibility index (Phi) is 13.1. The minimum atomic E-state index is 0.979. The number of nitrogens with one attached hydrogen (secondary N) is 4. The Bertz CT molecular complexity index is 158. The van der Waals surface area contributed by atoms with E-state index in [0.29, 0.717) is 0 Å². The van der Waals surface area contributed by atoms with Crippen molar-refractivity contribution in [1.29, 1.82) is 0 Å². The standard InChI is InChI=1S/C12H26N4/c1-3-5-13-7-9-15-11-12-16-10-8-14-6-4-2/h3-6,13-16H,7-12H2,1-2H3/b5-3+,6-4+. The summed E-state index contributed by atoms with van der Waals surface area (Å²) in [5, 5.41) is 13.1. The fourth-order valence-corrected chi connectivity index (χ4v) is 1.15. The average Bonchev–Trinajstić information content (AvgIpc) is 2.31. The third kappa shape index (κ3) is 13.0. The lowest BCUT2D eigenvalue weighted by Gasteiger charge is -2.06. The summed E-state index contributed by atoms with van der Waals surface area (Å²) in [5.41, 5.74) is 0. The van der Waals surface area contributed by atoms with E-state index in [0.717, 1.165) is 39.3 Å². The summed E-state index contributed by atoms with van der Waals surface area (Å²) in [5.74, 6) is 0. The first-order valence-corrected chi connectivity index (χ1v) is 6.02. The normalized spacial score (nSPS) is 11.4. The molecule has 0 aromatic rings. The lowest BCUT2D eigenvalue weighted by atomic mass is 10.5. The third-order valence-corrected chi connectivity index (χ3v) is 1.94. The molecule has 94 valence electrons. The minimum Gasteiger partial charge on any atom is -0.390 e. The quantitative estimate of drug-likeness (QED) is 0.386. The van der Waals surface area contributed by atoms with E-state index in [1.165, 1.54) is 0 Å². The highest BCUT2D eigenvalue weighted by atomic mass is 15.0. The summed E-state index contributed by atoms with van der Waals surface area (Å²) in [7, 11) is 0. The van der Waals surface area contributed by atoms with Crippen molar-refractivity contribution < 1.29 is 0 Å². The molecule has 0 atom stereocenters. The molecule has 0 unspecified atom stereocenters. The van der Waals surface area contributed by atoms with Gasteiger partial charge in [-0.15, -0.1) is 0 Å². The molecule has 0 fully saturated rings. The van der Waals surface area contributed by atoms with Gasteiger partial charge in [-0.05, 0) is 26.2 Å². The molecule has 4 heteroatoms. The summed E-state index contributed by atoms with van der Waals surface area (Å²) in [6.45, 7) is 10.0. The van der Waals surface area contributed by atoms with Gasteiger partial charge in [0.1, 0.15) is 0 Å². The molecule has 4 N–H and O–H groups in total. The first kappa shape index (κ1) is 15.0. The second kappa shape index (κ2) is 14.0. The summed E-state index contributed by atoms with van der Waals surface area (Å²) >= 11 is 0.